The number of nitrogens with one attached hydrogen (secondary N) is 1. The van der Waals surface area contributed by atoms with Gasteiger partial charge in [-0.15, -0.1) is 0 Å². The molecule has 150 valence electrons. The molecule has 2 N–H and O–H groups in total. The van der Waals surface area contributed by atoms with E-state index in [1.165, 1.54) is 18.2 Å². The highest BCUT2D eigenvalue weighted by Crippen LogP contribution is 2.66. The highest BCUT2D eigenvalue weighted by Gasteiger charge is 2.73. The van der Waals surface area contributed by atoms with Gasteiger partial charge in [-0.3, -0.25) is 9.59 Å². The quantitative estimate of drug-likeness (QED) is 0.785. The number of carbonyl (C=O) groups is 2. The lowest BCUT2D eigenvalue weighted by molar-refractivity contribution is -0.200. The number of benzene rings is 2. The number of hydrogen-bond donors (Lipinski definition) is 2. The summed E-state index contributed by atoms with van der Waals surface area (Å²) in [6.07, 6.45) is 0.861. The van der Waals surface area contributed by atoms with Crippen LogP contribution in [0.5, 0.6) is 5.75 Å². The smallest absolute Gasteiger partial charge is 0.258 e. The van der Waals surface area contributed by atoms with E-state index < -0.39 is 17.6 Å². The molecule has 1 unspecified atom stereocenters. The summed E-state index contributed by atoms with van der Waals surface area (Å²) < 4.78 is 18.5. The van der Waals surface area contributed by atoms with Gasteiger partial charge in [0.2, 0.25) is 0 Å². The topological polar surface area (TPSA) is 78.9 Å². The SMILES string of the molecule is O=C(COc1ccc(F)c(Cl)c1)NC12CC(N3C(=O)c4ccccc4C3O)(C1)C2. The molecule has 2 aromatic carbocycles. The maximum Gasteiger partial charge on any atom is 0.258 e. The highest BCUT2D eigenvalue weighted by molar-refractivity contribution is 6.30. The third-order valence-corrected chi connectivity index (χ3v) is 6.40. The fourth-order valence-electron chi connectivity index (χ4n) is 4.94. The van der Waals surface area contributed by atoms with E-state index in [1.807, 2.05) is 0 Å². The van der Waals surface area contributed by atoms with E-state index >= 15 is 0 Å². The molecule has 6 rings (SSSR count). The van der Waals surface area contributed by atoms with Crippen molar-refractivity contribution in [3.8, 4) is 5.75 Å². The number of carbonyl (C=O) groups excluding carboxylic acids is 2. The van der Waals surface area contributed by atoms with Gasteiger partial charge >= 0.3 is 0 Å². The Hall–Kier alpha value is -2.64. The van der Waals surface area contributed by atoms with E-state index in [0.717, 1.165) is 0 Å². The fraction of sp³-hybridized carbons (Fsp3) is 0.333. The van der Waals surface area contributed by atoms with Gasteiger partial charge in [-0.25, -0.2) is 4.39 Å². The van der Waals surface area contributed by atoms with Crippen LogP contribution in [0.4, 0.5) is 4.39 Å². The first kappa shape index (κ1) is 18.4. The van der Waals surface area contributed by atoms with Gasteiger partial charge in [-0.05, 0) is 37.5 Å². The summed E-state index contributed by atoms with van der Waals surface area (Å²) in [5.74, 6) is -0.702. The first-order valence-corrected chi connectivity index (χ1v) is 9.70. The minimum Gasteiger partial charge on any atom is -0.484 e. The summed E-state index contributed by atoms with van der Waals surface area (Å²) >= 11 is 5.70. The van der Waals surface area contributed by atoms with E-state index in [0.29, 0.717) is 36.1 Å². The minimum atomic E-state index is -0.945. The van der Waals surface area contributed by atoms with Crippen LogP contribution < -0.4 is 10.1 Å². The number of rotatable bonds is 5. The molecule has 3 fully saturated rings. The molecule has 0 spiro atoms. The number of halogens is 2. The van der Waals surface area contributed by atoms with Crippen LogP contribution in [0.2, 0.25) is 5.02 Å². The molecule has 3 aliphatic carbocycles. The molecule has 6 nitrogen and oxygen atoms in total. The second-order valence-electron chi connectivity index (χ2n) is 8.08. The van der Waals surface area contributed by atoms with Gasteiger partial charge in [0.25, 0.3) is 11.8 Å². The second kappa shape index (κ2) is 6.18. The average molecular weight is 417 g/mol. The molecule has 4 aliphatic rings. The van der Waals surface area contributed by atoms with Gasteiger partial charge in [0.1, 0.15) is 11.6 Å². The molecule has 2 aromatic rings. The number of ether oxygens (including phenoxy) is 1. The maximum absolute atomic E-state index is 13.2. The van der Waals surface area contributed by atoms with Gasteiger partial charge in [0.05, 0.1) is 10.6 Å². The van der Waals surface area contributed by atoms with Crippen LogP contribution in [0.3, 0.4) is 0 Å². The molecule has 8 heteroatoms. The zero-order valence-electron chi connectivity index (χ0n) is 15.3. The van der Waals surface area contributed by atoms with Crippen molar-refractivity contribution in [1.82, 2.24) is 10.2 Å². The molecule has 0 saturated heterocycles. The molecule has 0 aromatic heterocycles. The molecule has 2 amide bonds. The Kier molecular flexibility index (Phi) is 3.92. The zero-order chi connectivity index (χ0) is 20.4. The zero-order valence-corrected chi connectivity index (χ0v) is 16.1. The van der Waals surface area contributed by atoms with Crippen molar-refractivity contribution < 1.29 is 23.8 Å². The standard InChI is InChI=1S/C21H18ClFN2O4/c22-15-7-12(5-6-16(15)23)29-8-17(26)24-20-9-21(10-20,11-20)25-18(27)13-3-1-2-4-14(13)19(25)28/h1-7,18,27H,8-11H2,(H,24,26). The Balaban J connectivity index is 1.18. The Morgan fingerprint density at radius 2 is 2.00 bits per heavy atom. The number of amides is 2. The van der Waals surface area contributed by atoms with Crippen molar-refractivity contribution in [2.75, 3.05) is 6.61 Å². The van der Waals surface area contributed by atoms with E-state index in [2.05, 4.69) is 5.32 Å². The number of aliphatic hydroxyl groups excluding tert-OH is 1. The van der Waals surface area contributed by atoms with E-state index in [-0.39, 0.29) is 29.0 Å². The molecule has 1 aliphatic heterocycles. The summed E-state index contributed by atoms with van der Waals surface area (Å²) in [7, 11) is 0. The van der Waals surface area contributed by atoms with Crippen molar-refractivity contribution >= 4 is 23.4 Å². The normalized spacial score (nSPS) is 29.0. The molecule has 1 atom stereocenters. The van der Waals surface area contributed by atoms with Crippen LogP contribution >= 0.6 is 11.6 Å². The molecule has 0 radical (unpaired) electrons. The molecule has 29 heavy (non-hydrogen) atoms. The van der Waals surface area contributed by atoms with Gasteiger partial charge in [-0.2, -0.15) is 0 Å². The van der Waals surface area contributed by atoms with Crippen molar-refractivity contribution in [2.24, 2.45) is 0 Å². The van der Waals surface area contributed by atoms with Gasteiger partial charge in [-0.1, -0.05) is 29.8 Å². The summed E-state index contributed by atoms with van der Waals surface area (Å²) in [6, 6.07) is 11.0. The lowest BCUT2D eigenvalue weighted by Crippen LogP contribution is -2.84. The number of aliphatic hydroxyl groups is 1. The van der Waals surface area contributed by atoms with E-state index in [9.17, 15) is 19.1 Å². The first-order chi connectivity index (χ1) is 13.8. The molecule has 3 saturated carbocycles. The van der Waals surface area contributed by atoms with Crippen molar-refractivity contribution in [1.29, 1.82) is 0 Å². The molecule has 2 bridgehead atoms. The fourth-order valence-corrected chi connectivity index (χ4v) is 5.11. The van der Waals surface area contributed by atoms with Crippen molar-refractivity contribution in [3.63, 3.8) is 0 Å². The molecular formula is C21H18ClFN2O4. The third kappa shape index (κ3) is 2.72. The number of fused-ring (bicyclic) bond motifs is 1. The third-order valence-electron chi connectivity index (χ3n) is 6.11. The number of nitrogens with zero attached hydrogens (tertiary/aromatic N) is 1. The van der Waals surface area contributed by atoms with E-state index in [4.69, 9.17) is 16.3 Å². The van der Waals surface area contributed by atoms with Crippen LogP contribution in [0.25, 0.3) is 0 Å². The Morgan fingerprint density at radius 1 is 1.28 bits per heavy atom. The van der Waals surface area contributed by atoms with Crippen LogP contribution in [0, 0.1) is 5.82 Å². The predicted molar refractivity (Wildman–Crippen MR) is 102 cm³/mol. The molecular weight excluding hydrogens is 399 g/mol. The lowest BCUT2D eigenvalue weighted by Gasteiger charge is -2.73. The maximum atomic E-state index is 13.2. The van der Waals surface area contributed by atoms with E-state index in [1.54, 1.807) is 29.2 Å². The van der Waals surface area contributed by atoms with Gasteiger partial charge < -0.3 is 20.1 Å². The summed E-state index contributed by atoms with van der Waals surface area (Å²) in [4.78, 5) is 26.5. The summed E-state index contributed by atoms with van der Waals surface area (Å²) in [5.41, 5.74) is 0.393. The van der Waals surface area contributed by atoms with Gasteiger partial charge in [0, 0.05) is 22.7 Å². The minimum absolute atomic E-state index is 0.0703. The Bertz CT molecular complexity index is 1020. The van der Waals surface area contributed by atoms with Crippen LogP contribution in [0.15, 0.2) is 42.5 Å². The average Bonchev–Trinajstić information content (AvgIpc) is 2.89. The Labute approximate surface area is 171 Å². The van der Waals surface area contributed by atoms with Crippen molar-refractivity contribution in [2.45, 2.75) is 36.6 Å². The van der Waals surface area contributed by atoms with Gasteiger partial charge in [0.15, 0.2) is 12.8 Å². The highest BCUT2D eigenvalue weighted by atomic mass is 35.5. The monoisotopic (exact) mass is 416 g/mol. The first-order valence-electron chi connectivity index (χ1n) is 9.32. The lowest BCUT2D eigenvalue weighted by atomic mass is 9.43. The predicted octanol–water partition coefficient (Wildman–Crippen LogP) is 2.80. The Morgan fingerprint density at radius 3 is 2.69 bits per heavy atom. The van der Waals surface area contributed by atoms with Crippen molar-refractivity contribution in [3.05, 3.63) is 64.4 Å². The summed E-state index contributed by atoms with van der Waals surface area (Å²) in [6.45, 7) is -0.215. The second-order valence-corrected chi connectivity index (χ2v) is 8.49. The van der Waals surface area contributed by atoms with Crippen LogP contribution in [0.1, 0.15) is 41.4 Å². The largest absolute Gasteiger partial charge is 0.484 e. The van der Waals surface area contributed by atoms with Crippen LogP contribution in [-0.4, -0.2) is 39.5 Å². The summed E-state index contributed by atoms with van der Waals surface area (Å²) in [5, 5.41) is 13.5. The van der Waals surface area contributed by atoms with Crippen LogP contribution in [-0.2, 0) is 4.79 Å². The number of hydrogen-bond acceptors (Lipinski definition) is 4. The molecule has 1 heterocycles.